The Morgan fingerprint density at radius 1 is 1.28 bits per heavy atom. The summed E-state index contributed by atoms with van der Waals surface area (Å²) in [6, 6.07) is 3.75. The minimum atomic E-state index is -4.69. The van der Waals surface area contributed by atoms with Gasteiger partial charge in [-0.15, -0.1) is 26.0 Å². The van der Waals surface area contributed by atoms with E-state index in [1.54, 1.807) is 0 Å². The first-order valence-corrected chi connectivity index (χ1v) is 8.02. The number of terminal acetylenes is 1. The van der Waals surface area contributed by atoms with E-state index in [-0.39, 0.29) is 12.3 Å². The van der Waals surface area contributed by atoms with E-state index in [0.29, 0.717) is 11.3 Å². The number of alkyl halides is 3. The molecular weight excluding hydrogens is 333 g/mol. The average molecular weight is 362 g/mol. The van der Waals surface area contributed by atoms with Crippen molar-refractivity contribution in [2.45, 2.75) is 40.1 Å². The molecule has 1 heterocycles. The van der Waals surface area contributed by atoms with Crippen LogP contribution < -0.4 is 20.5 Å². The molecule has 1 saturated heterocycles. The maximum Gasteiger partial charge on any atom is 0.573 e. The van der Waals surface area contributed by atoms with Gasteiger partial charge in [-0.25, -0.2) is 0 Å². The van der Waals surface area contributed by atoms with Crippen LogP contribution in [0.25, 0.3) is 0 Å². The van der Waals surface area contributed by atoms with Gasteiger partial charge in [0.1, 0.15) is 11.5 Å². The van der Waals surface area contributed by atoms with Crippen molar-refractivity contribution >= 4 is 0 Å². The minimum absolute atomic E-state index is 0.0816. The van der Waals surface area contributed by atoms with E-state index >= 15 is 0 Å². The van der Waals surface area contributed by atoms with E-state index in [0.717, 1.165) is 5.92 Å². The van der Waals surface area contributed by atoms with Crippen molar-refractivity contribution in [1.29, 1.82) is 0 Å². The summed E-state index contributed by atoms with van der Waals surface area (Å²) in [5.41, 5.74) is 5.80. The quantitative estimate of drug-likeness (QED) is 0.800. The van der Waals surface area contributed by atoms with E-state index in [9.17, 15) is 13.2 Å². The summed E-state index contributed by atoms with van der Waals surface area (Å²) < 4.78 is 44.3. The first-order chi connectivity index (χ1) is 11.9. The van der Waals surface area contributed by atoms with E-state index in [1.165, 1.54) is 44.8 Å². The predicted octanol–water partition coefficient (Wildman–Crippen LogP) is 3.94. The van der Waals surface area contributed by atoms with Gasteiger partial charge in [0.15, 0.2) is 0 Å². The Kier molecular flexibility index (Phi) is 14.6. The molecule has 2 rings (SSSR count). The summed E-state index contributed by atoms with van der Waals surface area (Å²) in [5, 5.41) is 3.27. The van der Waals surface area contributed by atoms with E-state index in [4.69, 9.17) is 10.5 Å². The third-order valence-electron chi connectivity index (χ3n) is 3.01. The van der Waals surface area contributed by atoms with Gasteiger partial charge in [-0.2, -0.15) is 0 Å². The Hall–Kier alpha value is -1.91. The zero-order chi connectivity index (χ0) is 19.9. The average Bonchev–Trinajstić information content (AvgIpc) is 3.08. The Morgan fingerprint density at radius 3 is 2.20 bits per heavy atom. The highest BCUT2D eigenvalue weighted by atomic mass is 19.4. The maximum absolute atomic E-state index is 11.9. The van der Waals surface area contributed by atoms with Crippen molar-refractivity contribution in [3.05, 3.63) is 23.8 Å². The van der Waals surface area contributed by atoms with Gasteiger partial charge in [-0.05, 0) is 43.6 Å². The summed E-state index contributed by atoms with van der Waals surface area (Å²) in [7, 11) is 1.42. The van der Waals surface area contributed by atoms with Crippen LogP contribution in [-0.4, -0.2) is 26.6 Å². The third kappa shape index (κ3) is 12.1. The highest BCUT2D eigenvalue weighted by molar-refractivity contribution is 5.40. The molecule has 144 valence electrons. The van der Waals surface area contributed by atoms with Gasteiger partial charge in [-0.1, -0.05) is 20.8 Å². The number of hydrogen-bond donors (Lipinski definition) is 2. The SMILES string of the molecule is C#C.CC.CC1CCNC1.COc1ccc(OC(F)(F)F)cc1CN. The highest BCUT2D eigenvalue weighted by Crippen LogP contribution is 2.27. The van der Waals surface area contributed by atoms with Gasteiger partial charge in [0.05, 0.1) is 7.11 Å². The Balaban J connectivity index is 0. The van der Waals surface area contributed by atoms with E-state index < -0.39 is 6.36 Å². The van der Waals surface area contributed by atoms with Crippen molar-refractivity contribution in [1.82, 2.24) is 5.32 Å². The molecule has 3 N–H and O–H groups in total. The number of methoxy groups -OCH3 is 1. The molecule has 1 unspecified atom stereocenters. The molecule has 0 bridgehead atoms. The number of nitrogens with one attached hydrogen (secondary N) is 1. The second kappa shape index (κ2) is 14.4. The molecule has 25 heavy (non-hydrogen) atoms. The summed E-state index contributed by atoms with van der Waals surface area (Å²) in [5.74, 6) is 1.07. The van der Waals surface area contributed by atoms with Crippen LogP contribution in [-0.2, 0) is 6.54 Å². The first kappa shape index (κ1) is 25.3. The second-order valence-corrected chi connectivity index (χ2v) is 4.82. The lowest BCUT2D eigenvalue weighted by atomic mass is 10.2. The third-order valence-corrected chi connectivity index (χ3v) is 3.01. The standard InChI is InChI=1S/C9H10F3NO2.C5H11N.C2H6.C2H2/c1-14-8-3-2-7(4-6(8)5-13)15-9(10,11)12;1-5-2-3-6-4-5;2*1-2/h2-4H,5,13H2,1H3;5-6H,2-4H2,1H3;1-2H3;1-2H. The number of rotatable bonds is 3. The molecule has 0 saturated carbocycles. The number of nitrogens with two attached hydrogens (primary N) is 1. The zero-order valence-electron chi connectivity index (χ0n) is 15.3. The van der Waals surface area contributed by atoms with Crippen LogP contribution in [0, 0.1) is 18.8 Å². The molecule has 0 spiro atoms. The lowest BCUT2D eigenvalue weighted by Crippen LogP contribution is -2.17. The molecule has 0 aliphatic carbocycles. The first-order valence-electron chi connectivity index (χ1n) is 8.02. The van der Waals surface area contributed by atoms with Crippen molar-refractivity contribution in [3.8, 4) is 24.3 Å². The van der Waals surface area contributed by atoms with Crippen LogP contribution in [0.2, 0.25) is 0 Å². The van der Waals surface area contributed by atoms with Gasteiger partial charge in [0.2, 0.25) is 0 Å². The minimum Gasteiger partial charge on any atom is -0.496 e. The number of ether oxygens (including phenoxy) is 2. The molecule has 1 aliphatic heterocycles. The summed E-state index contributed by atoms with van der Waals surface area (Å²) in [6.45, 7) is 8.83. The monoisotopic (exact) mass is 362 g/mol. The van der Waals surface area contributed by atoms with Gasteiger partial charge >= 0.3 is 6.36 Å². The maximum atomic E-state index is 11.9. The molecule has 1 atom stereocenters. The fourth-order valence-corrected chi connectivity index (χ4v) is 1.91. The number of hydrogen-bond acceptors (Lipinski definition) is 4. The fourth-order valence-electron chi connectivity index (χ4n) is 1.91. The molecule has 1 aromatic carbocycles. The van der Waals surface area contributed by atoms with Crippen LogP contribution in [0.4, 0.5) is 13.2 Å². The predicted molar refractivity (Wildman–Crippen MR) is 95.5 cm³/mol. The lowest BCUT2D eigenvalue weighted by Gasteiger charge is -2.11. The fraction of sp³-hybridized carbons (Fsp3) is 0.556. The summed E-state index contributed by atoms with van der Waals surface area (Å²) >= 11 is 0. The van der Waals surface area contributed by atoms with Crippen LogP contribution in [0.1, 0.15) is 32.8 Å². The lowest BCUT2D eigenvalue weighted by molar-refractivity contribution is -0.274. The smallest absolute Gasteiger partial charge is 0.496 e. The molecular formula is C18H29F3N2O2. The second-order valence-electron chi connectivity index (χ2n) is 4.82. The van der Waals surface area contributed by atoms with Crippen LogP contribution >= 0.6 is 0 Å². The van der Waals surface area contributed by atoms with E-state index in [2.05, 4.69) is 29.8 Å². The molecule has 1 fully saturated rings. The van der Waals surface area contributed by atoms with Crippen LogP contribution in [0.15, 0.2) is 18.2 Å². The summed E-state index contributed by atoms with van der Waals surface area (Å²) in [6.07, 6.45) is 4.68. The van der Waals surface area contributed by atoms with Gasteiger partial charge in [-0.3, -0.25) is 0 Å². The Labute approximate surface area is 148 Å². The number of benzene rings is 1. The molecule has 0 aromatic heterocycles. The Morgan fingerprint density at radius 2 is 1.88 bits per heavy atom. The van der Waals surface area contributed by atoms with Crippen molar-refractivity contribution in [2.24, 2.45) is 11.7 Å². The largest absolute Gasteiger partial charge is 0.573 e. The summed E-state index contributed by atoms with van der Waals surface area (Å²) in [4.78, 5) is 0. The van der Waals surface area contributed by atoms with Gasteiger partial charge in [0.25, 0.3) is 0 Å². The van der Waals surface area contributed by atoms with Gasteiger partial charge in [0, 0.05) is 12.1 Å². The Bertz CT molecular complexity index is 471. The normalized spacial score (nSPS) is 15.4. The van der Waals surface area contributed by atoms with Crippen molar-refractivity contribution < 1.29 is 22.6 Å². The topological polar surface area (TPSA) is 56.5 Å². The van der Waals surface area contributed by atoms with Crippen LogP contribution in [0.5, 0.6) is 11.5 Å². The molecule has 0 radical (unpaired) electrons. The number of halogens is 3. The highest BCUT2D eigenvalue weighted by Gasteiger charge is 2.31. The van der Waals surface area contributed by atoms with Crippen molar-refractivity contribution in [3.63, 3.8) is 0 Å². The van der Waals surface area contributed by atoms with Gasteiger partial charge < -0.3 is 20.5 Å². The molecule has 7 heteroatoms. The molecule has 0 amide bonds. The zero-order valence-corrected chi connectivity index (χ0v) is 15.3. The van der Waals surface area contributed by atoms with Crippen LogP contribution in [0.3, 0.4) is 0 Å². The molecule has 4 nitrogen and oxygen atoms in total. The van der Waals surface area contributed by atoms with Crippen molar-refractivity contribution in [2.75, 3.05) is 20.2 Å². The molecule has 1 aliphatic rings. The molecule has 1 aromatic rings. The van der Waals surface area contributed by atoms with E-state index in [1.807, 2.05) is 13.8 Å².